The quantitative estimate of drug-likeness (QED) is 0.729. The standard InChI is InChI=1S/C19H25F2NO5/c1-11-5-4-6-14(12(11)2)22-17(23)10-26-18(24)13-7-8-15(27-19(20)21)16(9-13)25-3/h7-9,11-12,14,19H,4-6,10H2,1-3H3,(H,22,23)/t11-,12+,14+/m0/s1. The molecular weight excluding hydrogens is 360 g/mol. The monoisotopic (exact) mass is 385 g/mol. The zero-order valence-electron chi connectivity index (χ0n) is 15.7. The van der Waals surface area contributed by atoms with Crippen molar-refractivity contribution in [1.29, 1.82) is 0 Å². The minimum atomic E-state index is -3.01. The van der Waals surface area contributed by atoms with Gasteiger partial charge in [-0.25, -0.2) is 4.79 Å². The Bertz CT molecular complexity index is 668. The molecule has 0 aromatic heterocycles. The molecule has 2 rings (SSSR count). The largest absolute Gasteiger partial charge is 0.493 e. The third-order valence-electron chi connectivity index (χ3n) is 5.00. The third-order valence-corrected chi connectivity index (χ3v) is 5.00. The van der Waals surface area contributed by atoms with E-state index in [0.29, 0.717) is 11.8 Å². The summed E-state index contributed by atoms with van der Waals surface area (Å²) in [4.78, 5) is 24.2. The van der Waals surface area contributed by atoms with Crippen molar-refractivity contribution in [3.05, 3.63) is 23.8 Å². The second kappa shape index (κ2) is 9.53. The zero-order chi connectivity index (χ0) is 20.0. The zero-order valence-corrected chi connectivity index (χ0v) is 15.7. The van der Waals surface area contributed by atoms with Gasteiger partial charge in [-0.3, -0.25) is 4.79 Å². The normalized spacial score (nSPS) is 22.2. The second-order valence-electron chi connectivity index (χ2n) is 6.76. The highest BCUT2D eigenvalue weighted by atomic mass is 19.3. The van der Waals surface area contributed by atoms with E-state index in [-0.39, 0.29) is 29.0 Å². The van der Waals surface area contributed by atoms with Crippen LogP contribution in [0.4, 0.5) is 8.78 Å². The summed E-state index contributed by atoms with van der Waals surface area (Å²) in [6.07, 6.45) is 3.12. The molecule has 1 fully saturated rings. The summed E-state index contributed by atoms with van der Waals surface area (Å²) >= 11 is 0. The minimum absolute atomic E-state index is 0.0285. The number of amides is 1. The number of hydrogen-bond acceptors (Lipinski definition) is 5. The van der Waals surface area contributed by atoms with E-state index >= 15 is 0 Å². The molecule has 0 heterocycles. The van der Waals surface area contributed by atoms with Gasteiger partial charge in [-0.15, -0.1) is 0 Å². The summed E-state index contributed by atoms with van der Waals surface area (Å²) in [5.74, 6) is -0.435. The second-order valence-corrected chi connectivity index (χ2v) is 6.76. The van der Waals surface area contributed by atoms with Gasteiger partial charge in [-0.2, -0.15) is 8.78 Å². The molecule has 1 saturated carbocycles. The Kier molecular flexibility index (Phi) is 7.38. The molecule has 27 heavy (non-hydrogen) atoms. The molecule has 0 unspecified atom stereocenters. The summed E-state index contributed by atoms with van der Waals surface area (Å²) in [6.45, 7) is 0.854. The van der Waals surface area contributed by atoms with Crippen molar-refractivity contribution in [2.24, 2.45) is 11.8 Å². The van der Waals surface area contributed by atoms with Crippen molar-refractivity contribution in [2.75, 3.05) is 13.7 Å². The Balaban J connectivity index is 1.90. The van der Waals surface area contributed by atoms with Crippen LogP contribution in [0.2, 0.25) is 0 Å². The first-order valence-electron chi connectivity index (χ1n) is 8.91. The fourth-order valence-corrected chi connectivity index (χ4v) is 3.24. The van der Waals surface area contributed by atoms with Crippen molar-refractivity contribution in [3.63, 3.8) is 0 Å². The topological polar surface area (TPSA) is 73.9 Å². The van der Waals surface area contributed by atoms with Crippen molar-refractivity contribution in [1.82, 2.24) is 5.32 Å². The Labute approximate surface area is 157 Å². The first-order valence-corrected chi connectivity index (χ1v) is 8.91. The maximum absolute atomic E-state index is 12.3. The summed E-state index contributed by atoms with van der Waals surface area (Å²) < 4.78 is 38.9. The average molecular weight is 385 g/mol. The van der Waals surface area contributed by atoms with Crippen molar-refractivity contribution < 1.29 is 32.6 Å². The van der Waals surface area contributed by atoms with E-state index in [1.165, 1.54) is 25.3 Å². The lowest BCUT2D eigenvalue weighted by molar-refractivity contribution is -0.125. The highest BCUT2D eigenvalue weighted by molar-refractivity contribution is 5.92. The molecule has 6 nitrogen and oxygen atoms in total. The maximum Gasteiger partial charge on any atom is 0.387 e. The summed E-state index contributed by atoms with van der Waals surface area (Å²) in [5, 5.41) is 2.91. The number of methoxy groups -OCH3 is 1. The lowest BCUT2D eigenvalue weighted by Crippen LogP contribution is -2.45. The Hall–Kier alpha value is -2.38. The van der Waals surface area contributed by atoms with Crippen molar-refractivity contribution in [2.45, 2.75) is 45.8 Å². The van der Waals surface area contributed by atoms with Crippen LogP contribution in [0.25, 0.3) is 0 Å². The van der Waals surface area contributed by atoms with E-state index in [1.807, 2.05) is 0 Å². The number of rotatable bonds is 7. The lowest BCUT2D eigenvalue weighted by atomic mass is 9.78. The smallest absolute Gasteiger partial charge is 0.387 e. The van der Waals surface area contributed by atoms with E-state index in [2.05, 4.69) is 23.9 Å². The van der Waals surface area contributed by atoms with E-state index in [9.17, 15) is 18.4 Å². The highest BCUT2D eigenvalue weighted by Gasteiger charge is 2.28. The van der Waals surface area contributed by atoms with Gasteiger partial charge in [-0.1, -0.05) is 26.7 Å². The molecule has 1 amide bonds. The molecule has 1 aromatic rings. The van der Waals surface area contributed by atoms with Gasteiger partial charge < -0.3 is 19.5 Å². The van der Waals surface area contributed by atoms with E-state index in [0.717, 1.165) is 19.3 Å². The molecule has 0 saturated heterocycles. The van der Waals surface area contributed by atoms with Crippen LogP contribution in [0.3, 0.4) is 0 Å². The maximum atomic E-state index is 12.3. The number of nitrogens with one attached hydrogen (secondary N) is 1. The predicted molar refractivity (Wildman–Crippen MR) is 94.0 cm³/mol. The van der Waals surface area contributed by atoms with Crippen molar-refractivity contribution >= 4 is 11.9 Å². The fraction of sp³-hybridized carbons (Fsp3) is 0.579. The number of hydrogen-bond donors (Lipinski definition) is 1. The molecule has 1 aromatic carbocycles. The Morgan fingerprint density at radius 1 is 1.22 bits per heavy atom. The van der Waals surface area contributed by atoms with E-state index in [1.54, 1.807) is 0 Å². The predicted octanol–water partition coefficient (Wildman–Crippen LogP) is 3.39. The number of benzene rings is 1. The average Bonchev–Trinajstić information content (AvgIpc) is 2.63. The van der Waals surface area contributed by atoms with Gasteiger partial charge >= 0.3 is 12.6 Å². The molecule has 1 aliphatic carbocycles. The van der Waals surface area contributed by atoms with Gasteiger partial charge in [0.2, 0.25) is 0 Å². The van der Waals surface area contributed by atoms with Gasteiger partial charge in [-0.05, 0) is 36.5 Å². The highest BCUT2D eigenvalue weighted by Crippen LogP contribution is 2.30. The molecule has 0 bridgehead atoms. The summed E-state index contributed by atoms with van der Waals surface area (Å²) in [6, 6.07) is 3.76. The first-order chi connectivity index (χ1) is 12.8. The summed E-state index contributed by atoms with van der Waals surface area (Å²) in [7, 11) is 1.27. The van der Waals surface area contributed by atoms with Crippen LogP contribution in [0.1, 0.15) is 43.5 Å². The Morgan fingerprint density at radius 3 is 2.63 bits per heavy atom. The van der Waals surface area contributed by atoms with Gasteiger partial charge in [0, 0.05) is 6.04 Å². The molecule has 8 heteroatoms. The number of carbonyl (C=O) groups is 2. The van der Waals surface area contributed by atoms with E-state index < -0.39 is 19.2 Å². The number of esters is 1. The molecule has 0 radical (unpaired) electrons. The molecule has 1 aliphatic rings. The van der Waals surface area contributed by atoms with E-state index in [4.69, 9.17) is 9.47 Å². The van der Waals surface area contributed by atoms with Crippen LogP contribution in [-0.4, -0.2) is 38.2 Å². The number of ether oxygens (including phenoxy) is 3. The number of halogens is 2. The van der Waals surface area contributed by atoms with Crippen LogP contribution >= 0.6 is 0 Å². The third kappa shape index (κ3) is 5.80. The fourth-order valence-electron chi connectivity index (χ4n) is 3.24. The Morgan fingerprint density at radius 2 is 1.96 bits per heavy atom. The van der Waals surface area contributed by atoms with Gasteiger partial charge in [0.15, 0.2) is 18.1 Å². The van der Waals surface area contributed by atoms with Crippen LogP contribution in [0.5, 0.6) is 11.5 Å². The van der Waals surface area contributed by atoms with Crippen LogP contribution in [0.15, 0.2) is 18.2 Å². The molecular formula is C19H25F2NO5. The van der Waals surface area contributed by atoms with Crippen molar-refractivity contribution in [3.8, 4) is 11.5 Å². The van der Waals surface area contributed by atoms with Crippen LogP contribution < -0.4 is 14.8 Å². The molecule has 0 spiro atoms. The molecule has 0 aliphatic heterocycles. The number of carbonyl (C=O) groups excluding carboxylic acids is 2. The minimum Gasteiger partial charge on any atom is -0.493 e. The molecule has 150 valence electrons. The van der Waals surface area contributed by atoms with Gasteiger partial charge in [0.1, 0.15) is 0 Å². The van der Waals surface area contributed by atoms with Crippen LogP contribution in [0, 0.1) is 11.8 Å². The number of alkyl halides is 2. The van der Waals surface area contributed by atoms with Gasteiger partial charge in [0.25, 0.3) is 5.91 Å². The van der Waals surface area contributed by atoms with Gasteiger partial charge in [0.05, 0.1) is 12.7 Å². The molecule has 1 N–H and O–H groups in total. The summed E-state index contributed by atoms with van der Waals surface area (Å²) in [5.41, 5.74) is 0.0703. The molecule has 3 atom stereocenters. The SMILES string of the molecule is COc1cc(C(=O)OCC(=O)N[C@@H]2CCC[C@H](C)[C@H]2C)ccc1OC(F)F. The first kappa shape index (κ1) is 20.9. The van der Waals surface area contributed by atoms with Crippen LogP contribution in [-0.2, 0) is 9.53 Å². The lowest BCUT2D eigenvalue weighted by Gasteiger charge is -2.34.